The minimum atomic E-state index is -3.65. The highest BCUT2D eigenvalue weighted by molar-refractivity contribution is 7.92. The van der Waals surface area contributed by atoms with E-state index in [-0.39, 0.29) is 17.7 Å². The number of carbonyl (C=O) groups is 2. The number of fused-ring (bicyclic) bond motifs is 1. The van der Waals surface area contributed by atoms with E-state index in [1.165, 1.54) is 11.4 Å². The minimum absolute atomic E-state index is 0.00205. The van der Waals surface area contributed by atoms with Gasteiger partial charge >= 0.3 is 0 Å². The summed E-state index contributed by atoms with van der Waals surface area (Å²) in [5.74, 6) is -0.537. The summed E-state index contributed by atoms with van der Waals surface area (Å²) in [6.07, 6.45) is 2.66. The first kappa shape index (κ1) is 32.1. The highest BCUT2D eigenvalue weighted by Gasteiger charge is 2.34. The number of rotatable bonds is 8. The molecule has 5 aromatic rings. The average molecular weight is 650 g/mol. The number of furan rings is 1. The number of amides is 2. The average Bonchev–Trinajstić information content (AvgIpc) is 3.46. The molecular weight excluding hydrogens is 611 g/mol. The van der Waals surface area contributed by atoms with Crippen LogP contribution in [0.4, 0.5) is 5.69 Å². The fraction of sp³-hybridized carbons (Fsp3) is 0.263. The summed E-state index contributed by atoms with van der Waals surface area (Å²) in [7, 11) is -0.550. The Bertz CT molecular complexity index is 1980. The Labute approximate surface area is 276 Å². The van der Waals surface area contributed by atoms with E-state index in [0.717, 1.165) is 46.9 Å². The van der Waals surface area contributed by atoms with Gasteiger partial charge in [0.05, 0.1) is 23.4 Å². The van der Waals surface area contributed by atoms with Crippen molar-refractivity contribution in [3.8, 4) is 11.3 Å². The fourth-order valence-corrected chi connectivity index (χ4v) is 7.08. The Morgan fingerprint density at radius 1 is 0.936 bits per heavy atom. The van der Waals surface area contributed by atoms with Crippen LogP contribution < -0.4 is 9.62 Å². The van der Waals surface area contributed by atoms with Gasteiger partial charge < -0.3 is 14.6 Å². The second-order valence-corrected chi connectivity index (χ2v) is 14.3. The molecule has 1 saturated heterocycles. The Morgan fingerprint density at radius 3 is 2.13 bits per heavy atom. The van der Waals surface area contributed by atoms with Crippen LogP contribution in [0.1, 0.15) is 57.3 Å². The van der Waals surface area contributed by atoms with Crippen LogP contribution in [0.2, 0.25) is 0 Å². The van der Waals surface area contributed by atoms with E-state index in [1.807, 2.05) is 103 Å². The van der Waals surface area contributed by atoms with Gasteiger partial charge in [0.15, 0.2) is 0 Å². The van der Waals surface area contributed by atoms with Gasteiger partial charge in [0.2, 0.25) is 15.9 Å². The number of nitrogens with one attached hydrogen (secondary N) is 1. The molecule has 2 amide bonds. The number of hydrogen-bond donors (Lipinski definition) is 1. The number of hydrogen-bond acceptors (Lipinski definition) is 5. The molecule has 1 aromatic heterocycles. The van der Waals surface area contributed by atoms with E-state index in [9.17, 15) is 18.0 Å². The number of anilines is 1. The molecule has 1 aliphatic heterocycles. The van der Waals surface area contributed by atoms with E-state index in [1.54, 1.807) is 13.1 Å². The largest absolute Gasteiger partial charge is 0.455 e. The van der Waals surface area contributed by atoms with Crippen molar-refractivity contribution in [3.05, 3.63) is 125 Å². The van der Waals surface area contributed by atoms with E-state index in [2.05, 4.69) is 5.32 Å². The highest BCUT2D eigenvalue weighted by Crippen LogP contribution is 2.42. The first-order valence-corrected chi connectivity index (χ1v) is 17.6. The SMILES string of the molecule is CNC(=O)c1c(-c2ccc(C)cc2)oc2cc(N(C)S(C)(=O)=O)c([C@H]3CCCN(C(=O)C(c4ccccc4)c4ccccc4)C3)cc12. The highest BCUT2D eigenvalue weighted by atomic mass is 32.2. The summed E-state index contributed by atoms with van der Waals surface area (Å²) in [4.78, 5) is 29.7. The molecule has 1 aliphatic rings. The van der Waals surface area contributed by atoms with Crippen LogP contribution in [0, 0.1) is 6.92 Å². The van der Waals surface area contributed by atoms with Gasteiger partial charge in [0.25, 0.3) is 5.91 Å². The first-order valence-electron chi connectivity index (χ1n) is 15.8. The predicted molar refractivity (Wildman–Crippen MR) is 186 cm³/mol. The summed E-state index contributed by atoms with van der Waals surface area (Å²) in [6.45, 7) is 2.99. The first-order chi connectivity index (χ1) is 22.6. The lowest BCUT2D eigenvalue weighted by Crippen LogP contribution is -2.42. The third-order valence-electron chi connectivity index (χ3n) is 9.13. The molecule has 0 radical (unpaired) electrons. The van der Waals surface area contributed by atoms with Crippen LogP contribution in [0.15, 0.2) is 101 Å². The number of carbonyl (C=O) groups excluding carboxylic acids is 2. The second kappa shape index (κ2) is 13.1. The van der Waals surface area contributed by atoms with Crippen LogP contribution in [-0.2, 0) is 14.8 Å². The van der Waals surface area contributed by atoms with Gasteiger partial charge in [0.1, 0.15) is 11.3 Å². The van der Waals surface area contributed by atoms with Crippen LogP contribution in [0.3, 0.4) is 0 Å². The van der Waals surface area contributed by atoms with Gasteiger partial charge in [-0.25, -0.2) is 8.42 Å². The van der Waals surface area contributed by atoms with E-state index >= 15 is 0 Å². The van der Waals surface area contributed by atoms with Crippen molar-refractivity contribution in [2.75, 3.05) is 37.7 Å². The Kier molecular flexibility index (Phi) is 8.92. The van der Waals surface area contributed by atoms with Crippen LogP contribution in [-0.4, -0.2) is 58.6 Å². The summed E-state index contributed by atoms with van der Waals surface area (Å²) in [5.41, 5.74) is 5.67. The molecule has 1 fully saturated rings. The van der Waals surface area contributed by atoms with E-state index in [4.69, 9.17) is 4.42 Å². The molecule has 242 valence electrons. The number of sulfonamides is 1. The molecule has 47 heavy (non-hydrogen) atoms. The van der Waals surface area contributed by atoms with Crippen molar-refractivity contribution in [2.24, 2.45) is 0 Å². The van der Waals surface area contributed by atoms with Crippen molar-refractivity contribution < 1.29 is 22.4 Å². The van der Waals surface area contributed by atoms with Gasteiger partial charge in [0, 0.05) is 50.1 Å². The zero-order valence-electron chi connectivity index (χ0n) is 27.1. The summed E-state index contributed by atoms with van der Waals surface area (Å²) in [5, 5.41) is 3.34. The van der Waals surface area contributed by atoms with Crippen molar-refractivity contribution in [3.63, 3.8) is 0 Å². The minimum Gasteiger partial charge on any atom is -0.455 e. The molecule has 6 rings (SSSR count). The quantitative estimate of drug-likeness (QED) is 0.202. The molecule has 8 nitrogen and oxygen atoms in total. The summed E-state index contributed by atoms with van der Waals surface area (Å²) < 4.78 is 33.4. The maximum Gasteiger partial charge on any atom is 0.255 e. The zero-order valence-corrected chi connectivity index (χ0v) is 27.9. The number of likely N-dealkylation sites (tertiary alicyclic amines) is 1. The van der Waals surface area contributed by atoms with Gasteiger partial charge in [-0.05, 0) is 42.5 Å². The van der Waals surface area contributed by atoms with Gasteiger partial charge in [-0.3, -0.25) is 13.9 Å². The van der Waals surface area contributed by atoms with Crippen molar-refractivity contribution in [2.45, 2.75) is 31.6 Å². The molecule has 4 aromatic carbocycles. The molecule has 1 N–H and O–H groups in total. The molecule has 0 aliphatic carbocycles. The predicted octanol–water partition coefficient (Wildman–Crippen LogP) is 6.70. The lowest BCUT2D eigenvalue weighted by atomic mass is 9.85. The summed E-state index contributed by atoms with van der Waals surface area (Å²) >= 11 is 0. The van der Waals surface area contributed by atoms with Gasteiger partial charge in [-0.1, -0.05) is 90.5 Å². The lowest BCUT2D eigenvalue weighted by Gasteiger charge is -2.36. The van der Waals surface area contributed by atoms with Crippen molar-refractivity contribution >= 4 is 38.5 Å². The smallest absolute Gasteiger partial charge is 0.255 e. The second-order valence-electron chi connectivity index (χ2n) is 12.3. The monoisotopic (exact) mass is 649 g/mol. The Balaban J connectivity index is 1.46. The van der Waals surface area contributed by atoms with Gasteiger partial charge in [-0.2, -0.15) is 0 Å². The maximum absolute atomic E-state index is 14.4. The number of aryl methyl sites for hydroxylation is 1. The van der Waals surface area contributed by atoms with Crippen molar-refractivity contribution in [1.29, 1.82) is 0 Å². The van der Waals surface area contributed by atoms with Crippen LogP contribution in [0.25, 0.3) is 22.3 Å². The number of piperidine rings is 1. The Morgan fingerprint density at radius 2 is 1.55 bits per heavy atom. The molecule has 0 spiro atoms. The molecule has 0 bridgehead atoms. The Hall–Kier alpha value is -4.89. The molecule has 1 atom stereocenters. The third kappa shape index (κ3) is 6.40. The molecule has 2 heterocycles. The standard InChI is InChI=1S/C38H39N3O5S/c1-25-17-19-28(20-18-25)36-35(37(42)39-2)31-22-30(32(23-33(31)46-36)40(3)47(4,44)45)29-16-11-21-41(24-29)38(43)34(26-12-7-5-8-13-26)27-14-9-6-10-15-27/h5-10,12-15,17-20,22-23,29,34H,11,16,21,24H2,1-4H3,(H,39,42)/t29-/m0/s1. The lowest BCUT2D eigenvalue weighted by molar-refractivity contribution is -0.133. The van der Waals surface area contributed by atoms with E-state index in [0.29, 0.717) is 41.1 Å². The zero-order chi connectivity index (χ0) is 33.3. The molecule has 0 saturated carbocycles. The summed E-state index contributed by atoms with van der Waals surface area (Å²) in [6, 6.07) is 30.9. The van der Waals surface area contributed by atoms with Crippen molar-refractivity contribution in [1.82, 2.24) is 10.2 Å². The van der Waals surface area contributed by atoms with Crippen LogP contribution in [0.5, 0.6) is 0 Å². The van der Waals surface area contributed by atoms with E-state index < -0.39 is 15.9 Å². The normalized spacial score (nSPS) is 15.2. The third-order valence-corrected chi connectivity index (χ3v) is 10.3. The van der Waals surface area contributed by atoms with Crippen LogP contribution >= 0.6 is 0 Å². The fourth-order valence-electron chi connectivity index (χ4n) is 6.57. The molecule has 0 unspecified atom stereocenters. The van der Waals surface area contributed by atoms with Gasteiger partial charge in [-0.15, -0.1) is 0 Å². The maximum atomic E-state index is 14.4. The topological polar surface area (TPSA) is 99.9 Å². The number of benzene rings is 4. The molecule has 9 heteroatoms. The molecular formula is C38H39N3O5S. The number of nitrogens with zero attached hydrogens (tertiary/aromatic N) is 2.